The molecule has 1 heterocycles. The molecule has 0 aliphatic carbocycles. The van der Waals surface area contributed by atoms with Crippen molar-refractivity contribution in [2.24, 2.45) is 40.0 Å². The minimum Gasteiger partial charge on any atom is -0.490 e. The highest BCUT2D eigenvalue weighted by atomic mass is 16.6. The Balaban J connectivity index is 1.53. The summed E-state index contributed by atoms with van der Waals surface area (Å²) >= 11 is 0. The lowest BCUT2D eigenvalue weighted by molar-refractivity contribution is -0.659. The van der Waals surface area contributed by atoms with Crippen LogP contribution in [-0.4, -0.2) is 36.8 Å². The summed E-state index contributed by atoms with van der Waals surface area (Å²) in [5.74, 6) is 1.30. The highest BCUT2D eigenvalue weighted by molar-refractivity contribution is 5.79. The number of benzene rings is 3. The van der Waals surface area contributed by atoms with Crippen LogP contribution in [0.3, 0.4) is 0 Å². The molecule has 0 aliphatic rings. The largest absolute Gasteiger partial charge is 0.490 e. The number of hydrogen-bond donors (Lipinski definition) is 0. The van der Waals surface area contributed by atoms with Crippen LogP contribution in [-0.2, 0) is 26.1 Å². The second-order valence-corrected chi connectivity index (χ2v) is 19.4. The lowest BCUT2D eigenvalue weighted by atomic mass is 9.57. The number of esters is 2. The predicted octanol–water partition coefficient (Wildman–Crippen LogP) is 11.1. The van der Waals surface area contributed by atoms with Crippen LogP contribution < -0.4 is 9.30 Å². The van der Waals surface area contributed by atoms with Gasteiger partial charge in [-0.05, 0) is 110 Å². The van der Waals surface area contributed by atoms with E-state index in [9.17, 15) is 9.59 Å². The van der Waals surface area contributed by atoms with Crippen LogP contribution in [0, 0.1) is 39.9 Å². The second-order valence-electron chi connectivity index (χ2n) is 19.4. The highest BCUT2D eigenvalue weighted by Gasteiger charge is 2.52. The average Bonchev–Trinajstić information content (AvgIpc) is 3.52. The molecule has 4 atom stereocenters. The van der Waals surface area contributed by atoms with Crippen LogP contribution in [0.25, 0.3) is 17.1 Å². The molecule has 1 aromatic heterocycles. The van der Waals surface area contributed by atoms with Crippen molar-refractivity contribution in [3.63, 3.8) is 0 Å². The van der Waals surface area contributed by atoms with Gasteiger partial charge in [0.1, 0.15) is 37.0 Å². The van der Waals surface area contributed by atoms with E-state index in [1.165, 1.54) is 18.2 Å². The number of methoxy groups -OCH3 is 1. The molecule has 56 heavy (non-hydrogen) atoms. The third-order valence-electron chi connectivity index (χ3n) is 12.5. The Morgan fingerprint density at radius 2 is 1.38 bits per heavy atom. The van der Waals surface area contributed by atoms with Gasteiger partial charge < -0.3 is 14.2 Å². The first-order chi connectivity index (χ1) is 26.0. The van der Waals surface area contributed by atoms with Crippen molar-refractivity contribution < 1.29 is 28.4 Å². The fraction of sp³-hybridized carbons (Fsp3) is 0.531. The number of imidazole rings is 1. The lowest BCUT2D eigenvalue weighted by Crippen LogP contribution is -2.47. The van der Waals surface area contributed by atoms with Crippen molar-refractivity contribution in [3.05, 3.63) is 102 Å². The number of rotatable bonds is 16. The van der Waals surface area contributed by atoms with Crippen LogP contribution in [0.4, 0.5) is 0 Å². The normalized spacial score (nSPS) is 15.6. The molecule has 0 bridgehead atoms. The second kappa shape index (κ2) is 17.4. The molecule has 0 aliphatic heterocycles. The van der Waals surface area contributed by atoms with Gasteiger partial charge in [-0.1, -0.05) is 111 Å². The van der Waals surface area contributed by atoms with Gasteiger partial charge in [-0.25, -0.2) is 4.57 Å². The zero-order valence-corrected chi connectivity index (χ0v) is 36.8. The number of ether oxygens (including phenoxy) is 3. The summed E-state index contributed by atoms with van der Waals surface area (Å²) in [6.45, 7) is 26.1. The lowest BCUT2D eigenvalue weighted by Gasteiger charge is -2.47. The Labute approximate surface area is 337 Å². The fourth-order valence-electron chi connectivity index (χ4n) is 8.44. The van der Waals surface area contributed by atoms with Crippen molar-refractivity contribution in [3.8, 4) is 22.8 Å². The summed E-state index contributed by atoms with van der Waals surface area (Å²) in [4.78, 5) is 27.9. The SMILES string of the molecule is COC(=O)C(C)(CC(C)C(C)(CC(C)(C)CC(c1ccccc1)C(C)(C)C)C(=O)OCCOc1ccc(-c2n(-c3ccccc3C)cc[n+]2C)cc1)C(C)(C)C. The molecular formula is C49H69N2O5+. The summed E-state index contributed by atoms with van der Waals surface area (Å²) in [6, 6.07) is 27.1. The first kappa shape index (κ1) is 44.3. The molecule has 0 spiro atoms. The van der Waals surface area contributed by atoms with E-state index >= 15 is 0 Å². The summed E-state index contributed by atoms with van der Waals surface area (Å²) < 4.78 is 21.9. The Morgan fingerprint density at radius 3 is 1.95 bits per heavy atom. The molecule has 7 heteroatoms. The Morgan fingerprint density at radius 1 is 0.768 bits per heavy atom. The van der Waals surface area contributed by atoms with Crippen LogP contribution in [0.15, 0.2) is 91.3 Å². The van der Waals surface area contributed by atoms with E-state index in [-0.39, 0.29) is 47.8 Å². The molecule has 3 aromatic carbocycles. The fourth-order valence-corrected chi connectivity index (χ4v) is 8.44. The van der Waals surface area contributed by atoms with Crippen molar-refractivity contribution in [2.75, 3.05) is 20.3 Å². The van der Waals surface area contributed by atoms with Gasteiger partial charge in [-0.3, -0.25) is 9.59 Å². The molecule has 304 valence electrons. The van der Waals surface area contributed by atoms with Crippen LogP contribution in [0.2, 0.25) is 0 Å². The van der Waals surface area contributed by atoms with Crippen LogP contribution in [0.5, 0.6) is 5.75 Å². The third-order valence-corrected chi connectivity index (χ3v) is 12.5. The van der Waals surface area contributed by atoms with Gasteiger partial charge in [-0.2, -0.15) is 4.57 Å². The van der Waals surface area contributed by atoms with E-state index in [0.717, 1.165) is 23.5 Å². The predicted molar refractivity (Wildman–Crippen MR) is 227 cm³/mol. The molecule has 0 saturated carbocycles. The number of hydrogen-bond acceptors (Lipinski definition) is 5. The maximum Gasteiger partial charge on any atom is 0.312 e. The van der Waals surface area contributed by atoms with Gasteiger partial charge in [0.25, 0.3) is 5.82 Å². The molecule has 7 nitrogen and oxygen atoms in total. The minimum absolute atomic E-state index is 0.00923. The maximum absolute atomic E-state index is 14.5. The van der Waals surface area contributed by atoms with Gasteiger partial charge in [0.05, 0.1) is 30.6 Å². The van der Waals surface area contributed by atoms with Crippen LogP contribution >= 0.6 is 0 Å². The van der Waals surface area contributed by atoms with Gasteiger partial charge in [0.15, 0.2) is 0 Å². The minimum atomic E-state index is -0.896. The topological polar surface area (TPSA) is 70.6 Å². The van der Waals surface area contributed by atoms with E-state index < -0.39 is 16.2 Å². The summed E-state index contributed by atoms with van der Waals surface area (Å²) in [7, 11) is 3.49. The zero-order chi connectivity index (χ0) is 41.7. The van der Waals surface area contributed by atoms with Crippen molar-refractivity contribution >= 4 is 11.9 Å². The van der Waals surface area contributed by atoms with Crippen LogP contribution in [0.1, 0.15) is 112 Å². The molecule has 0 saturated heterocycles. The molecule has 0 N–H and O–H groups in total. The quantitative estimate of drug-likeness (QED) is 0.0645. The van der Waals surface area contributed by atoms with Gasteiger partial charge >= 0.3 is 11.9 Å². The number of para-hydroxylation sites is 1. The van der Waals surface area contributed by atoms with Crippen molar-refractivity contribution in [1.82, 2.24) is 4.57 Å². The molecule has 4 rings (SSSR count). The van der Waals surface area contributed by atoms with E-state index in [4.69, 9.17) is 14.2 Å². The zero-order valence-electron chi connectivity index (χ0n) is 36.8. The monoisotopic (exact) mass is 766 g/mol. The maximum atomic E-state index is 14.5. The molecule has 0 fully saturated rings. The van der Waals surface area contributed by atoms with E-state index in [2.05, 4.69) is 157 Å². The molecule has 0 radical (unpaired) electrons. The Hall–Kier alpha value is -4.39. The van der Waals surface area contributed by atoms with E-state index in [0.29, 0.717) is 18.6 Å². The number of aryl methyl sites for hydroxylation is 2. The van der Waals surface area contributed by atoms with Crippen molar-refractivity contribution in [1.29, 1.82) is 0 Å². The first-order valence-electron chi connectivity index (χ1n) is 20.2. The molecule has 4 aromatic rings. The Kier molecular flexibility index (Phi) is 13.8. The summed E-state index contributed by atoms with van der Waals surface area (Å²) in [6.07, 6.45) is 6.08. The standard InChI is InChI=1S/C49H69N2O5/c1-35-20-18-19-23-41(35)51-29-28-50(13)42(51)38-24-26-39(27-25-38)55-30-31-56-43(52)48(11,36(2)32-49(12,44(53)54-14)46(6,7)8)34-47(9,10)33-40(45(3,4)5)37-21-16-15-17-22-37/h15-29,36,40H,30-34H2,1-14H3/q+1. The molecule has 0 amide bonds. The average molecular weight is 766 g/mol. The van der Waals surface area contributed by atoms with E-state index in [1.54, 1.807) is 0 Å². The van der Waals surface area contributed by atoms with Gasteiger partial charge in [0, 0.05) is 0 Å². The first-order valence-corrected chi connectivity index (χ1v) is 20.2. The number of carbonyl (C=O) groups is 2. The third kappa shape index (κ3) is 10.1. The summed E-state index contributed by atoms with van der Waals surface area (Å²) in [5.41, 5.74) is 2.34. The van der Waals surface area contributed by atoms with Crippen molar-refractivity contribution in [2.45, 2.75) is 108 Å². The number of carbonyl (C=O) groups excluding carboxylic acids is 2. The smallest absolute Gasteiger partial charge is 0.312 e. The Bertz CT molecular complexity index is 1910. The van der Waals surface area contributed by atoms with E-state index in [1.807, 2.05) is 33.0 Å². The molecule has 4 unspecified atom stereocenters. The number of aromatic nitrogens is 2. The van der Waals surface area contributed by atoms with Gasteiger partial charge in [0.2, 0.25) is 0 Å². The number of nitrogens with zero attached hydrogens (tertiary/aromatic N) is 2. The summed E-state index contributed by atoms with van der Waals surface area (Å²) in [5, 5.41) is 0. The highest BCUT2D eigenvalue weighted by Crippen LogP contribution is 2.53. The molecular weight excluding hydrogens is 697 g/mol. The van der Waals surface area contributed by atoms with Gasteiger partial charge in [-0.15, -0.1) is 0 Å².